The summed E-state index contributed by atoms with van der Waals surface area (Å²) in [6.45, 7) is 0. The van der Waals surface area contributed by atoms with Gasteiger partial charge in [0, 0.05) is 16.9 Å². The van der Waals surface area contributed by atoms with E-state index in [4.69, 9.17) is 11.5 Å². The zero-order valence-electron chi connectivity index (χ0n) is 10.3. The lowest BCUT2D eigenvalue weighted by atomic mass is 9.93. The zero-order chi connectivity index (χ0) is 14.9. The summed E-state index contributed by atoms with van der Waals surface area (Å²) in [6.07, 6.45) is 0. The van der Waals surface area contributed by atoms with Gasteiger partial charge in [0.15, 0.2) is 0 Å². The molecule has 0 aliphatic carbocycles. The fourth-order valence-electron chi connectivity index (χ4n) is 2.01. The van der Waals surface area contributed by atoms with Crippen molar-refractivity contribution in [2.45, 2.75) is 0 Å². The van der Waals surface area contributed by atoms with Crippen LogP contribution in [0.2, 0.25) is 0 Å². The predicted octanol–water partition coefficient (Wildman–Crippen LogP) is 1.91. The molecular weight excluding hydrogens is 260 g/mol. The number of rotatable bonds is 3. The van der Waals surface area contributed by atoms with Gasteiger partial charge >= 0.3 is 11.9 Å². The van der Waals surface area contributed by atoms with Crippen LogP contribution in [-0.2, 0) is 0 Å². The number of carboxylic acids is 2. The number of nitrogens with two attached hydrogens (primary N) is 2. The zero-order valence-corrected chi connectivity index (χ0v) is 10.3. The Kier molecular flexibility index (Phi) is 3.30. The van der Waals surface area contributed by atoms with Crippen molar-refractivity contribution in [3.05, 3.63) is 47.5 Å². The first-order chi connectivity index (χ1) is 9.40. The molecule has 2 rings (SSSR count). The van der Waals surface area contributed by atoms with Crippen molar-refractivity contribution >= 4 is 23.3 Å². The topological polar surface area (TPSA) is 127 Å². The van der Waals surface area contributed by atoms with E-state index in [1.165, 1.54) is 18.2 Å². The van der Waals surface area contributed by atoms with Crippen LogP contribution in [0, 0.1) is 0 Å². The molecule has 6 heteroatoms. The van der Waals surface area contributed by atoms with Gasteiger partial charge in [-0.3, -0.25) is 0 Å². The SMILES string of the molecule is Nc1cccc(-c2c(C(=O)O)cc(N)cc2C(=O)O)c1. The molecule has 0 aromatic heterocycles. The summed E-state index contributed by atoms with van der Waals surface area (Å²) in [5.74, 6) is -2.51. The lowest BCUT2D eigenvalue weighted by Crippen LogP contribution is -2.08. The van der Waals surface area contributed by atoms with E-state index in [-0.39, 0.29) is 22.4 Å². The molecule has 0 spiro atoms. The minimum atomic E-state index is -1.25. The van der Waals surface area contributed by atoms with Crippen LogP contribution >= 0.6 is 0 Å². The largest absolute Gasteiger partial charge is 0.478 e. The third kappa shape index (κ3) is 2.39. The average Bonchev–Trinajstić information content (AvgIpc) is 2.37. The molecule has 2 aromatic carbocycles. The van der Waals surface area contributed by atoms with Crippen LogP contribution in [0.5, 0.6) is 0 Å². The highest BCUT2D eigenvalue weighted by Crippen LogP contribution is 2.31. The standard InChI is InChI=1S/C14H12N2O4/c15-8-3-1-2-7(4-8)12-10(13(17)18)5-9(16)6-11(12)14(19)20/h1-6H,15-16H2,(H,17,18)(H,19,20). The summed E-state index contributed by atoms with van der Waals surface area (Å²) < 4.78 is 0. The van der Waals surface area contributed by atoms with Gasteiger partial charge in [0.2, 0.25) is 0 Å². The van der Waals surface area contributed by atoms with Crippen molar-refractivity contribution in [2.75, 3.05) is 11.5 Å². The normalized spacial score (nSPS) is 10.2. The first kappa shape index (κ1) is 13.4. The first-order valence-electron chi connectivity index (χ1n) is 5.66. The van der Waals surface area contributed by atoms with Crippen molar-refractivity contribution in [3.63, 3.8) is 0 Å². The number of nitrogen functional groups attached to an aromatic ring is 2. The Morgan fingerprint density at radius 3 is 1.85 bits per heavy atom. The Labute approximate surface area is 114 Å². The van der Waals surface area contributed by atoms with E-state index in [2.05, 4.69) is 0 Å². The van der Waals surface area contributed by atoms with Crippen molar-refractivity contribution in [2.24, 2.45) is 0 Å². The minimum Gasteiger partial charge on any atom is -0.478 e. The van der Waals surface area contributed by atoms with E-state index in [0.29, 0.717) is 11.3 Å². The Morgan fingerprint density at radius 1 is 0.850 bits per heavy atom. The molecule has 0 unspecified atom stereocenters. The van der Waals surface area contributed by atoms with Crippen molar-refractivity contribution < 1.29 is 19.8 Å². The van der Waals surface area contributed by atoms with Gasteiger partial charge in [0.05, 0.1) is 11.1 Å². The summed E-state index contributed by atoms with van der Waals surface area (Å²) in [5.41, 5.74) is 11.9. The molecule has 102 valence electrons. The molecule has 0 saturated heterocycles. The first-order valence-corrected chi connectivity index (χ1v) is 5.66. The Bertz CT molecular complexity index is 675. The number of carbonyl (C=O) groups is 2. The lowest BCUT2D eigenvalue weighted by molar-refractivity contribution is 0.0696. The molecule has 20 heavy (non-hydrogen) atoms. The number of hydrogen-bond donors (Lipinski definition) is 4. The van der Waals surface area contributed by atoms with Crippen LogP contribution in [0.3, 0.4) is 0 Å². The number of hydrogen-bond acceptors (Lipinski definition) is 4. The Balaban J connectivity index is 2.84. The van der Waals surface area contributed by atoms with E-state index in [1.54, 1.807) is 18.2 Å². The third-order valence-electron chi connectivity index (χ3n) is 2.80. The van der Waals surface area contributed by atoms with Gasteiger partial charge in [-0.25, -0.2) is 9.59 Å². The lowest BCUT2D eigenvalue weighted by Gasteiger charge is -2.12. The molecule has 0 atom stereocenters. The van der Waals surface area contributed by atoms with Crippen LogP contribution in [-0.4, -0.2) is 22.2 Å². The molecule has 6 nitrogen and oxygen atoms in total. The van der Waals surface area contributed by atoms with Gasteiger partial charge in [-0.15, -0.1) is 0 Å². The average molecular weight is 272 g/mol. The summed E-state index contributed by atoms with van der Waals surface area (Å²) in [6, 6.07) is 8.83. The molecule has 0 aliphatic rings. The Morgan fingerprint density at radius 2 is 1.40 bits per heavy atom. The third-order valence-corrected chi connectivity index (χ3v) is 2.80. The van der Waals surface area contributed by atoms with Crippen LogP contribution in [0.1, 0.15) is 20.7 Å². The maximum atomic E-state index is 11.3. The quantitative estimate of drug-likeness (QED) is 0.632. The van der Waals surface area contributed by atoms with E-state index in [0.717, 1.165) is 0 Å². The molecular formula is C14H12N2O4. The molecule has 0 aliphatic heterocycles. The highest BCUT2D eigenvalue weighted by Gasteiger charge is 2.21. The van der Waals surface area contributed by atoms with Crippen LogP contribution in [0.4, 0.5) is 11.4 Å². The van der Waals surface area contributed by atoms with Crippen molar-refractivity contribution in [3.8, 4) is 11.1 Å². The highest BCUT2D eigenvalue weighted by atomic mass is 16.4. The van der Waals surface area contributed by atoms with Crippen molar-refractivity contribution in [1.82, 2.24) is 0 Å². The molecule has 0 radical (unpaired) electrons. The molecule has 6 N–H and O–H groups in total. The van der Waals surface area contributed by atoms with Crippen LogP contribution in [0.15, 0.2) is 36.4 Å². The second-order valence-electron chi connectivity index (χ2n) is 4.23. The number of anilines is 2. The summed E-state index contributed by atoms with van der Waals surface area (Å²) in [4.78, 5) is 22.7. The fourth-order valence-corrected chi connectivity index (χ4v) is 2.01. The minimum absolute atomic E-state index is 0.0763. The van der Waals surface area contributed by atoms with Crippen LogP contribution in [0.25, 0.3) is 11.1 Å². The number of carboxylic acid groups (broad SMARTS) is 2. The summed E-state index contributed by atoms with van der Waals surface area (Å²) in [5, 5.41) is 18.5. The monoisotopic (exact) mass is 272 g/mol. The smallest absolute Gasteiger partial charge is 0.336 e. The molecule has 0 saturated carbocycles. The van der Waals surface area contributed by atoms with Gasteiger partial charge in [-0.05, 0) is 29.8 Å². The predicted molar refractivity (Wildman–Crippen MR) is 74.6 cm³/mol. The molecule has 0 bridgehead atoms. The van der Waals surface area contributed by atoms with E-state index in [1.807, 2.05) is 0 Å². The van der Waals surface area contributed by atoms with Gasteiger partial charge < -0.3 is 21.7 Å². The van der Waals surface area contributed by atoms with Gasteiger partial charge in [-0.2, -0.15) is 0 Å². The van der Waals surface area contributed by atoms with Crippen LogP contribution < -0.4 is 11.5 Å². The highest BCUT2D eigenvalue weighted by molar-refractivity contribution is 6.06. The second kappa shape index (κ2) is 4.93. The molecule has 0 heterocycles. The number of aromatic carboxylic acids is 2. The maximum absolute atomic E-state index is 11.3. The number of benzene rings is 2. The van der Waals surface area contributed by atoms with Gasteiger partial charge in [0.1, 0.15) is 0 Å². The summed E-state index contributed by atoms with van der Waals surface area (Å²) >= 11 is 0. The molecule has 0 amide bonds. The van der Waals surface area contributed by atoms with Gasteiger partial charge in [-0.1, -0.05) is 12.1 Å². The van der Waals surface area contributed by atoms with Crippen molar-refractivity contribution in [1.29, 1.82) is 0 Å². The second-order valence-corrected chi connectivity index (χ2v) is 4.23. The van der Waals surface area contributed by atoms with Gasteiger partial charge in [0.25, 0.3) is 0 Å². The Hall–Kier alpha value is -3.02. The molecule has 2 aromatic rings. The maximum Gasteiger partial charge on any atom is 0.336 e. The molecule has 0 fully saturated rings. The van der Waals surface area contributed by atoms with E-state index >= 15 is 0 Å². The van der Waals surface area contributed by atoms with E-state index < -0.39 is 11.9 Å². The summed E-state index contributed by atoms with van der Waals surface area (Å²) in [7, 11) is 0. The fraction of sp³-hybridized carbons (Fsp3) is 0. The van der Waals surface area contributed by atoms with E-state index in [9.17, 15) is 19.8 Å².